The number of carbonyl (C=O) groups is 1. The zero-order valence-corrected chi connectivity index (χ0v) is 11.2. The van der Waals surface area contributed by atoms with Gasteiger partial charge < -0.3 is 5.11 Å². The maximum atomic E-state index is 11.2. The molecule has 0 fully saturated rings. The average Bonchev–Trinajstić information content (AvgIpc) is 2.81. The van der Waals surface area contributed by atoms with Crippen LogP contribution in [-0.2, 0) is 11.2 Å². The summed E-state index contributed by atoms with van der Waals surface area (Å²) in [6.45, 7) is 0. The van der Waals surface area contributed by atoms with Crippen LogP contribution < -0.4 is 0 Å². The second-order valence-electron chi connectivity index (χ2n) is 3.59. The second kappa shape index (κ2) is 5.42. The molecule has 1 unspecified atom stereocenters. The summed E-state index contributed by atoms with van der Waals surface area (Å²) in [6, 6.07) is 7.67. The monoisotopic (exact) mass is 311 g/mol. The van der Waals surface area contributed by atoms with E-state index in [-0.39, 0.29) is 0 Å². The number of aliphatic carboxylic acids is 1. The van der Waals surface area contributed by atoms with Crippen LogP contribution in [0.1, 0.15) is 16.5 Å². The summed E-state index contributed by atoms with van der Waals surface area (Å²) in [7, 11) is 0. The largest absolute Gasteiger partial charge is 0.481 e. The van der Waals surface area contributed by atoms with Gasteiger partial charge in [-0.2, -0.15) is 0 Å². The highest BCUT2D eigenvalue weighted by Crippen LogP contribution is 2.24. The van der Waals surface area contributed by atoms with Gasteiger partial charge in [0.2, 0.25) is 0 Å². The minimum atomic E-state index is -0.831. The molecular weight excluding hydrogens is 302 g/mol. The van der Waals surface area contributed by atoms with E-state index in [1.54, 1.807) is 11.6 Å². The first-order chi connectivity index (χ1) is 8.16. The Hall–Kier alpha value is -1.20. The third-order valence-corrected chi connectivity index (χ3v) is 3.82. The fourth-order valence-electron chi connectivity index (χ4n) is 1.54. The van der Waals surface area contributed by atoms with Crippen molar-refractivity contribution in [3.8, 4) is 0 Å². The Bertz CT molecular complexity index is 496. The van der Waals surface area contributed by atoms with E-state index >= 15 is 0 Å². The lowest BCUT2D eigenvalue weighted by Crippen LogP contribution is -2.14. The average molecular weight is 312 g/mol. The first-order valence-corrected chi connectivity index (χ1v) is 6.70. The Morgan fingerprint density at radius 1 is 1.41 bits per heavy atom. The summed E-state index contributed by atoms with van der Waals surface area (Å²) in [5, 5.41) is 11.7. The van der Waals surface area contributed by atoms with Crippen LogP contribution in [0.5, 0.6) is 0 Å². The third-order valence-electron chi connectivity index (χ3n) is 2.40. The molecule has 17 heavy (non-hydrogen) atoms. The quantitative estimate of drug-likeness (QED) is 0.942. The Balaban J connectivity index is 2.19. The van der Waals surface area contributed by atoms with E-state index in [1.165, 1.54) is 11.3 Å². The Morgan fingerprint density at radius 3 is 2.65 bits per heavy atom. The van der Waals surface area contributed by atoms with Crippen LogP contribution in [0.4, 0.5) is 0 Å². The molecule has 2 aromatic rings. The fraction of sp³-hybridized carbons (Fsp3) is 0.167. The molecule has 1 N–H and O–H groups in total. The van der Waals surface area contributed by atoms with Gasteiger partial charge in [0.25, 0.3) is 0 Å². The van der Waals surface area contributed by atoms with Crippen molar-refractivity contribution in [2.24, 2.45) is 0 Å². The lowest BCUT2D eigenvalue weighted by atomic mass is 10.0. The highest BCUT2D eigenvalue weighted by atomic mass is 79.9. The van der Waals surface area contributed by atoms with Crippen molar-refractivity contribution in [3.63, 3.8) is 0 Å². The molecule has 2 rings (SSSR count). The van der Waals surface area contributed by atoms with E-state index in [0.29, 0.717) is 11.4 Å². The molecule has 0 saturated heterocycles. The standard InChI is InChI=1S/C12H10BrNO2S/c13-9-3-1-8(2-4-9)7-10(12(15)16)11-14-5-6-17-11/h1-6,10H,7H2,(H,15,16). The molecule has 0 aliphatic carbocycles. The number of rotatable bonds is 4. The van der Waals surface area contributed by atoms with Crippen molar-refractivity contribution in [3.05, 3.63) is 50.9 Å². The van der Waals surface area contributed by atoms with Gasteiger partial charge in [0.15, 0.2) is 0 Å². The molecule has 1 atom stereocenters. The summed E-state index contributed by atoms with van der Waals surface area (Å²) >= 11 is 4.73. The normalized spacial score (nSPS) is 12.3. The van der Waals surface area contributed by atoms with Crippen molar-refractivity contribution in [2.45, 2.75) is 12.3 Å². The number of thiazole rings is 1. The third kappa shape index (κ3) is 3.14. The molecule has 88 valence electrons. The van der Waals surface area contributed by atoms with Crippen LogP contribution in [0.25, 0.3) is 0 Å². The summed E-state index contributed by atoms with van der Waals surface area (Å²) in [5.41, 5.74) is 0.996. The van der Waals surface area contributed by atoms with Gasteiger partial charge in [0, 0.05) is 16.0 Å². The molecule has 0 aliphatic heterocycles. The second-order valence-corrected chi connectivity index (χ2v) is 5.43. The SMILES string of the molecule is O=C(O)C(Cc1ccc(Br)cc1)c1nccs1. The molecule has 0 aliphatic rings. The van der Waals surface area contributed by atoms with Gasteiger partial charge >= 0.3 is 5.97 Å². The zero-order chi connectivity index (χ0) is 12.3. The van der Waals surface area contributed by atoms with Crippen molar-refractivity contribution in [1.82, 2.24) is 4.98 Å². The number of aromatic nitrogens is 1. The highest BCUT2D eigenvalue weighted by Gasteiger charge is 2.22. The fourth-order valence-corrected chi connectivity index (χ4v) is 2.54. The van der Waals surface area contributed by atoms with Crippen molar-refractivity contribution in [1.29, 1.82) is 0 Å². The predicted octanol–water partition coefficient (Wildman–Crippen LogP) is 3.32. The van der Waals surface area contributed by atoms with Crippen molar-refractivity contribution >= 4 is 33.2 Å². The highest BCUT2D eigenvalue weighted by molar-refractivity contribution is 9.10. The van der Waals surface area contributed by atoms with Crippen molar-refractivity contribution in [2.75, 3.05) is 0 Å². The number of hydrogen-bond acceptors (Lipinski definition) is 3. The number of benzene rings is 1. The van der Waals surface area contributed by atoms with Crippen LogP contribution in [0.15, 0.2) is 40.3 Å². The molecular formula is C12H10BrNO2S. The lowest BCUT2D eigenvalue weighted by molar-refractivity contribution is -0.138. The van der Waals surface area contributed by atoms with Gasteiger partial charge in [-0.3, -0.25) is 4.79 Å². The topological polar surface area (TPSA) is 50.2 Å². The molecule has 3 nitrogen and oxygen atoms in total. The summed E-state index contributed by atoms with van der Waals surface area (Å²) in [5.74, 6) is -1.39. The van der Waals surface area contributed by atoms with E-state index in [0.717, 1.165) is 10.0 Å². The molecule has 0 radical (unpaired) electrons. The first kappa shape index (κ1) is 12.3. The van der Waals surface area contributed by atoms with Crippen LogP contribution in [-0.4, -0.2) is 16.1 Å². The molecule has 0 amide bonds. The molecule has 1 aromatic heterocycles. The first-order valence-electron chi connectivity index (χ1n) is 5.03. The number of nitrogens with zero attached hydrogens (tertiary/aromatic N) is 1. The van der Waals surface area contributed by atoms with Crippen LogP contribution in [0.2, 0.25) is 0 Å². The van der Waals surface area contributed by atoms with Gasteiger partial charge in [0.1, 0.15) is 10.9 Å². The van der Waals surface area contributed by atoms with E-state index in [4.69, 9.17) is 0 Å². The van der Waals surface area contributed by atoms with Crippen LogP contribution in [0.3, 0.4) is 0 Å². The maximum absolute atomic E-state index is 11.2. The minimum absolute atomic E-state index is 0.468. The maximum Gasteiger partial charge on any atom is 0.313 e. The van der Waals surface area contributed by atoms with Gasteiger partial charge in [-0.1, -0.05) is 28.1 Å². The predicted molar refractivity (Wildman–Crippen MR) is 70.3 cm³/mol. The minimum Gasteiger partial charge on any atom is -0.481 e. The Labute approximate surface area is 111 Å². The van der Waals surface area contributed by atoms with Crippen LogP contribution in [0, 0.1) is 0 Å². The molecule has 1 aromatic carbocycles. The smallest absolute Gasteiger partial charge is 0.313 e. The van der Waals surface area contributed by atoms with E-state index in [2.05, 4.69) is 20.9 Å². The lowest BCUT2D eigenvalue weighted by Gasteiger charge is -2.09. The van der Waals surface area contributed by atoms with Gasteiger partial charge in [-0.15, -0.1) is 11.3 Å². The van der Waals surface area contributed by atoms with E-state index in [1.807, 2.05) is 24.3 Å². The van der Waals surface area contributed by atoms with Gasteiger partial charge in [-0.25, -0.2) is 4.98 Å². The number of carboxylic acid groups (broad SMARTS) is 1. The molecule has 5 heteroatoms. The molecule has 0 saturated carbocycles. The van der Waals surface area contributed by atoms with Gasteiger partial charge in [-0.05, 0) is 24.1 Å². The van der Waals surface area contributed by atoms with Crippen LogP contribution >= 0.6 is 27.3 Å². The zero-order valence-electron chi connectivity index (χ0n) is 8.84. The van der Waals surface area contributed by atoms with Gasteiger partial charge in [0.05, 0.1) is 0 Å². The molecule has 0 spiro atoms. The summed E-state index contributed by atoms with van der Waals surface area (Å²) in [6.07, 6.45) is 2.10. The Kier molecular flexibility index (Phi) is 3.91. The summed E-state index contributed by atoms with van der Waals surface area (Å²) in [4.78, 5) is 15.3. The van der Waals surface area contributed by atoms with Crippen molar-refractivity contribution < 1.29 is 9.90 Å². The number of carboxylic acids is 1. The number of halogens is 1. The summed E-state index contributed by atoms with van der Waals surface area (Å²) < 4.78 is 0.988. The number of hydrogen-bond donors (Lipinski definition) is 1. The molecule has 1 heterocycles. The van der Waals surface area contributed by atoms with E-state index < -0.39 is 11.9 Å². The van der Waals surface area contributed by atoms with E-state index in [9.17, 15) is 9.90 Å². The Morgan fingerprint density at radius 2 is 2.12 bits per heavy atom. The molecule has 0 bridgehead atoms.